The quantitative estimate of drug-likeness (QED) is 0.492. The summed E-state index contributed by atoms with van der Waals surface area (Å²) in [5.74, 6) is -0.000395. The van der Waals surface area contributed by atoms with Gasteiger partial charge in [-0.1, -0.05) is 18.2 Å². The minimum absolute atomic E-state index is 0.0529. The molecular weight excluding hydrogens is 392 g/mol. The molecule has 0 bridgehead atoms. The number of hydrogen-bond acceptors (Lipinski definition) is 4. The maximum atomic E-state index is 13.2. The molecule has 0 spiro atoms. The first kappa shape index (κ1) is 19.1. The monoisotopic (exact) mass is 414 g/mol. The number of hydrogen-bond donors (Lipinski definition) is 0. The van der Waals surface area contributed by atoms with Crippen LogP contribution in [0, 0.1) is 0 Å². The summed E-state index contributed by atoms with van der Waals surface area (Å²) in [4.78, 5) is 29.0. The molecule has 3 heterocycles. The van der Waals surface area contributed by atoms with E-state index in [1.54, 1.807) is 28.9 Å². The Balaban J connectivity index is 1.65. The number of rotatable bonds is 2. The molecule has 0 aliphatic carbocycles. The average Bonchev–Trinajstić information content (AvgIpc) is 3.42. The van der Waals surface area contributed by atoms with E-state index in [1.165, 1.54) is 6.26 Å². The molecule has 156 valence electrons. The van der Waals surface area contributed by atoms with E-state index in [0.717, 1.165) is 27.7 Å². The number of benzene rings is 2. The fourth-order valence-corrected chi connectivity index (χ4v) is 4.33. The van der Waals surface area contributed by atoms with Crippen LogP contribution in [0.2, 0.25) is 0 Å². The van der Waals surface area contributed by atoms with Crippen LogP contribution in [0.15, 0.2) is 65.4 Å². The second-order valence-corrected chi connectivity index (χ2v) is 7.88. The second kappa shape index (κ2) is 7.12. The summed E-state index contributed by atoms with van der Waals surface area (Å²) in [5.41, 5.74) is 4.40. The zero-order chi connectivity index (χ0) is 21.7. The molecule has 5 rings (SSSR count). The van der Waals surface area contributed by atoms with Crippen LogP contribution in [0.1, 0.15) is 24.4 Å². The third-order valence-corrected chi connectivity index (χ3v) is 5.81. The van der Waals surface area contributed by atoms with Crippen LogP contribution < -0.4 is 9.80 Å². The molecule has 0 radical (unpaired) electrons. The Bertz CT molecular complexity index is 1310. The molecule has 0 unspecified atom stereocenters. The van der Waals surface area contributed by atoms with Crippen molar-refractivity contribution in [2.75, 3.05) is 16.3 Å². The number of aromatic nitrogens is 2. The van der Waals surface area contributed by atoms with Crippen LogP contribution in [-0.4, -0.2) is 34.2 Å². The van der Waals surface area contributed by atoms with Gasteiger partial charge < -0.3 is 14.2 Å². The number of anilines is 2. The van der Waals surface area contributed by atoms with Gasteiger partial charge in [0, 0.05) is 25.9 Å². The van der Waals surface area contributed by atoms with Gasteiger partial charge in [0.1, 0.15) is 0 Å². The molecule has 7 heteroatoms. The summed E-state index contributed by atoms with van der Waals surface area (Å²) in [6, 6.07) is 15.2. The summed E-state index contributed by atoms with van der Waals surface area (Å²) >= 11 is 0. The van der Waals surface area contributed by atoms with E-state index in [2.05, 4.69) is 11.2 Å². The van der Waals surface area contributed by atoms with E-state index >= 15 is 0 Å². The van der Waals surface area contributed by atoms with Gasteiger partial charge in [0.15, 0.2) is 5.76 Å². The third kappa shape index (κ3) is 3.09. The van der Waals surface area contributed by atoms with E-state index in [1.807, 2.05) is 55.2 Å². The Kier molecular flexibility index (Phi) is 4.39. The van der Waals surface area contributed by atoms with Crippen LogP contribution >= 0.6 is 0 Å². The average molecular weight is 414 g/mol. The van der Waals surface area contributed by atoms with Crippen molar-refractivity contribution < 1.29 is 14.0 Å². The van der Waals surface area contributed by atoms with Crippen molar-refractivity contribution in [3.8, 4) is 11.1 Å². The van der Waals surface area contributed by atoms with Crippen molar-refractivity contribution >= 4 is 34.1 Å². The van der Waals surface area contributed by atoms with Crippen LogP contribution in [0.5, 0.6) is 0 Å². The number of carbonyl (C=O) groups excluding carboxylic acids is 2. The van der Waals surface area contributed by atoms with Gasteiger partial charge in [0.25, 0.3) is 5.91 Å². The number of furan rings is 1. The van der Waals surface area contributed by atoms with Crippen molar-refractivity contribution in [2.24, 2.45) is 7.05 Å². The van der Waals surface area contributed by atoms with Crippen LogP contribution in [0.4, 0.5) is 11.4 Å². The van der Waals surface area contributed by atoms with E-state index in [0.29, 0.717) is 12.2 Å². The fraction of sp³-hybridized carbons (Fsp3) is 0.208. The Hall–Kier alpha value is -3.87. The Morgan fingerprint density at radius 3 is 2.58 bits per heavy atom. The minimum atomic E-state index is -0.222. The van der Waals surface area contributed by atoms with Gasteiger partial charge in [0.2, 0.25) is 5.91 Å². The third-order valence-electron chi connectivity index (χ3n) is 5.81. The lowest BCUT2D eigenvalue weighted by Crippen LogP contribution is -2.51. The summed E-state index contributed by atoms with van der Waals surface area (Å²) in [6.45, 7) is 3.88. The number of amides is 2. The Morgan fingerprint density at radius 1 is 1.06 bits per heavy atom. The van der Waals surface area contributed by atoms with Crippen molar-refractivity contribution in [1.82, 2.24) is 9.78 Å². The van der Waals surface area contributed by atoms with Gasteiger partial charge in [-0.15, -0.1) is 0 Å². The molecule has 2 amide bonds. The Morgan fingerprint density at radius 2 is 1.84 bits per heavy atom. The van der Waals surface area contributed by atoms with Crippen LogP contribution in [0.3, 0.4) is 0 Å². The van der Waals surface area contributed by atoms with Crippen LogP contribution in [0.25, 0.3) is 22.0 Å². The second-order valence-electron chi connectivity index (χ2n) is 7.88. The van der Waals surface area contributed by atoms with Gasteiger partial charge in [0.05, 0.1) is 35.4 Å². The summed E-state index contributed by atoms with van der Waals surface area (Å²) in [6.07, 6.45) is 3.32. The predicted molar refractivity (Wildman–Crippen MR) is 119 cm³/mol. The van der Waals surface area contributed by atoms with E-state index in [9.17, 15) is 9.59 Å². The molecule has 0 saturated heterocycles. The highest BCUT2D eigenvalue weighted by Gasteiger charge is 2.35. The Labute approximate surface area is 179 Å². The maximum absolute atomic E-state index is 13.2. The van der Waals surface area contributed by atoms with Gasteiger partial charge in [-0.3, -0.25) is 14.3 Å². The molecule has 31 heavy (non-hydrogen) atoms. The maximum Gasteiger partial charge on any atom is 0.294 e. The van der Waals surface area contributed by atoms with Gasteiger partial charge in [-0.05, 0) is 48.4 Å². The molecule has 0 N–H and O–H groups in total. The fourth-order valence-electron chi connectivity index (χ4n) is 4.33. The van der Waals surface area contributed by atoms with Crippen molar-refractivity contribution in [2.45, 2.75) is 19.9 Å². The standard InChI is InChI=1S/C24H22N4O3/c1-15-14-27(24(30)23-5-4-10-31-23)22-12-18(8-9-20(22)28(15)16(2)29)17-6-7-19-13-25-26(3)21(19)11-17/h4-13,15H,14H2,1-3H3/t15-/m0/s1. The number of aryl methyl sites for hydroxylation is 1. The molecular formula is C24H22N4O3. The largest absolute Gasteiger partial charge is 0.459 e. The van der Waals surface area contributed by atoms with Crippen LogP contribution in [-0.2, 0) is 11.8 Å². The summed E-state index contributed by atoms with van der Waals surface area (Å²) in [5, 5.41) is 5.38. The van der Waals surface area contributed by atoms with Gasteiger partial charge in [-0.25, -0.2) is 0 Å². The first-order valence-corrected chi connectivity index (χ1v) is 10.2. The first-order valence-electron chi connectivity index (χ1n) is 10.2. The summed E-state index contributed by atoms with van der Waals surface area (Å²) < 4.78 is 7.20. The minimum Gasteiger partial charge on any atom is -0.459 e. The topological polar surface area (TPSA) is 71.6 Å². The highest BCUT2D eigenvalue weighted by Crippen LogP contribution is 2.40. The van der Waals surface area contributed by atoms with Crippen molar-refractivity contribution in [3.63, 3.8) is 0 Å². The molecule has 0 fully saturated rings. The molecule has 1 aliphatic rings. The van der Waals surface area contributed by atoms with E-state index in [4.69, 9.17) is 4.42 Å². The lowest BCUT2D eigenvalue weighted by molar-refractivity contribution is -0.117. The number of carbonyl (C=O) groups is 2. The zero-order valence-corrected chi connectivity index (χ0v) is 17.6. The smallest absolute Gasteiger partial charge is 0.294 e. The molecule has 1 aliphatic heterocycles. The highest BCUT2D eigenvalue weighted by atomic mass is 16.3. The summed E-state index contributed by atoms with van der Waals surface area (Å²) in [7, 11) is 1.91. The molecule has 7 nitrogen and oxygen atoms in total. The molecule has 1 atom stereocenters. The van der Waals surface area contributed by atoms with E-state index < -0.39 is 0 Å². The van der Waals surface area contributed by atoms with E-state index in [-0.39, 0.29) is 23.6 Å². The highest BCUT2D eigenvalue weighted by molar-refractivity contribution is 6.10. The van der Waals surface area contributed by atoms with Gasteiger partial charge >= 0.3 is 0 Å². The normalized spacial score (nSPS) is 15.9. The first-order chi connectivity index (χ1) is 14.9. The molecule has 2 aromatic heterocycles. The molecule has 0 saturated carbocycles. The number of nitrogens with zero attached hydrogens (tertiary/aromatic N) is 4. The number of fused-ring (bicyclic) bond motifs is 2. The lowest BCUT2D eigenvalue weighted by atomic mass is 9.99. The van der Waals surface area contributed by atoms with Crippen molar-refractivity contribution in [1.29, 1.82) is 0 Å². The SMILES string of the molecule is CC(=O)N1c2ccc(-c3ccc4cnn(C)c4c3)cc2N(C(=O)c2ccco2)C[C@@H]1C. The van der Waals surface area contributed by atoms with Crippen molar-refractivity contribution in [3.05, 3.63) is 66.8 Å². The predicted octanol–water partition coefficient (Wildman–Crippen LogP) is 4.24. The molecule has 4 aromatic rings. The molecule has 2 aromatic carbocycles. The zero-order valence-electron chi connectivity index (χ0n) is 17.6. The lowest BCUT2D eigenvalue weighted by Gasteiger charge is -2.40. The van der Waals surface area contributed by atoms with Gasteiger partial charge in [-0.2, -0.15) is 5.10 Å².